The molecule has 1 aliphatic rings. The molecule has 2 N–H and O–H groups in total. The highest BCUT2D eigenvalue weighted by molar-refractivity contribution is 5.98. The van der Waals surface area contributed by atoms with E-state index >= 15 is 0 Å². The third kappa shape index (κ3) is 4.97. The van der Waals surface area contributed by atoms with Crippen LogP contribution in [0.15, 0.2) is 30.1 Å². The monoisotopic (exact) mass is 336 g/mol. The molecule has 0 fully saturated rings. The molecular formula is C17H21FN2O4. The van der Waals surface area contributed by atoms with Gasteiger partial charge in [-0.05, 0) is 44.5 Å². The van der Waals surface area contributed by atoms with Gasteiger partial charge >= 0.3 is 6.09 Å². The minimum atomic E-state index is -0.621. The van der Waals surface area contributed by atoms with Crippen molar-refractivity contribution in [3.8, 4) is 5.75 Å². The van der Waals surface area contributed by atoms with Gasteiger partial charge in [0.05, 0.1) is 6.33 Å². The van der Waals surface area contributed by atoms with Gasteiger partial charge in [0.2, 0.25) is 0 Å². The SMILES string of the molecule is CC(C)(C)OC(=O)NC/C(=C\F)COc1ccc2c(c1)CNC2=O. The molecule has 0 atom stereocenters. The van der Waals surface area contributed by atoms with E-state index in [-0.39, 0.29) is 24.6 Å². The Morgan fingerprint density at radius 3 is 2.83 bits per heavy atom. The fourth-order valence-corrected chi connectivity index (χ4v) is 2.10. The van der Waals surface area contributed by atoms with Crippen molar-refractivity contribution in [1.82, 2.24) is 10.6 Å². The van der Waals surface area contributed by atoms with Gasteiger partial charge < -0.3 is 20.1 Å². The van der Waals surface area contributed by atoms with Crippen molar-refractivity contribution in [2.24, 2.45) is 0 Å². The zero-order valence-corrected chi connectivity index (χ0v) is 13.9. The number of benzene rings is 1. The first-order valence-electron chi connectivity index (χ1n) is 7.57. The second-order valence-electron chi connectivity index (χ2n) is 6.41. The molecule has 2 rings (SSSR count). The number of amides is 2. The second-order valence-corrected chi connectivity index (χ2v) is 6.41. The number of halogens is 1. The van der Waals surface area contributed by atoms with Crippen LogP contribution in [0, 0.1) is 0 Å². The van der Waals surface area contributed by atoms with Crippen molar-refractivity contribution in [3.05, 3.63) is 41.2 Å². The van der Waals surface area contributed by atoms with Crippen LogP contribution < -0.4 is 15.4 Å². The molecule has 130 valence electrons. The summed E-state index contributed by atoms with van der Waals surface area (Å²) in [6.45, 7) is 5.65. The van der Waals surface area contributed by atoms with E-state index in [9.17, 15) is 14.0 Å². The molecule has 1 heterocycles. The number of carbonyl (C=O) groups is 2. The number of hydrogen-bond acceptors (Lipinski definition) is 4. The van der Waals surface area contributed by atoms with Crippen LogP contribution in [0.1, 0.15) is 36.7 Å². The van der Waals surface area contributed by atoms with E-state index in [0.717, 1.165) is 5.56 Å². The minimum Gasteiger partial charge on any atom is -0.489 e. The Kier molecular flexibility index (Phi) is 5.43. The molecule has 2 amide bonds. The van der Waals surface area contributed by atoms with Crippen LogP contribution in [0.2, 0.25) is 0 Å². The third-order valence-electron chi connectivity index (χ3n) is 3.20. The topological polar surface area (TPSA) is 76.7 Å². The zero-order valence-electron chi connectivity index (χ0n) is 13.9. The molecule has 0 radical (unpaired) electrons. The molecule has 0 spiro atoms. The summed E-state index contributed by atoms with van der Waals surface area (Å²) in [6, 6.07) is 5.07. The van der Waals surface area contributed by atoms with Gasteiger partial charge in [-0.1, -0.05) is 0 Å². The summed E-state index contributed by atoms with van der Waals surface area (Å²) in [5, 5.41) is 5.18. The predicted octanol–water partition coefficient (Wildman–Crippen LogP) is 2.69. The molecule has 24 heavy (non-hydrogen) atoms. The van der Waals surface area contributed by atoms with Gasteiger partial charge in [0.15, 0.2) is 0 Å². The molecular weight excluding hydrogens is 315 g/mol. The maximum atomic E-state index is 12.9. The van der Waals surface area contributed by atoms with E-state index in [1.165, 1.54) is 0 Å². The van der Waals surface area contributed by atoms with Gasteiger partial charge in [0, 0.05) is 24.2 Å². The highest BCUT2D eigenvalue weighted by Gasteiger charge is 2.19. The molecule has 0 aromatic heterocycles. The average molecular weight is 336 g/mol. The normalized spacial score (nSPS) is 14.0. The van der Waals surface area contributed by atoms with Gasteiger partial charge in [-0.25, -0.2) is 9.18 Å². The summed E-state index contributed by atoms with van der Waals surface area (Å²) < 4.78 is 23.5. The Bertz CT molecular complexity index is 665. The lowest BCUT2D eigenvalue weighted by atomic mass is 10.1. The number of fused-ring (bicyclic) bond motifs is 1. The average Bonchev–Trinajstić information content (AvgIpc) is 2.86. The van der Waals surface area contributed by atoms with E-state index < -0.39 is 11.7 Å². The van der Waals surface area contributed by atoms with Gasteiger partial charge in [0.25, 0.3) is 5.91 Å². The third-order valence-corrected chi connectivity index (χ3v) is 3.20. The molecule has 1 aliphatic heterocycles. The van der Waals surface area contributed by atoms with E-state index in [4.69, 9.17) is 9.47 Å². The van der Waals surface area contributed by atoms with Crippen LogP contribution in [0.5, 0.6) is 5.75 Å². The van der Waals surface area contributed by atoms with Crippen LogP contribution >= 0.6 is 0 Å². The van der Waals surface area contributed by atoms with E-state index in [1.807, 2.05) is 0 Å². The first-order chi connectivity index (χ1) is 11.3. The lowest BCUT2D eigenvalue weighted by Gasteiger charge is -2.20. The summed E-state index contributed by atoms with van der Waals surface area (Å²) in [4.78, 5) is 23.0. The fraction of sp³-hybridized carbons (Fsp3) is 0.412. The maximum absolute atomic E-state index is 12.9. The Morgan fingerprint density at radius 2 is 2.17 bits per heavy atom. The van der Waals surface area contributed by atoms with Gasteiger partial charge in [0.1, 0.15) is 18.0 Å². The lowest BCUT2D eigenvalue weighted by molar-refractivity contribution is 0.0531. The molecule has 0 bridgehead atoms. The highest BCUT2D eigenvalue weighted by atomic mass is 19.1. The summed E-state index contributed by atoms with van der Waals surface area (Å²) in [5.41, 5.74) is 1.11. The van der Waals surface area contributed by atoms with Crippen LogP contribution in [0.25, 0.3) is 0 Å². The maximum Gasteiger partial charge on any atom is 0.407 e. The predicted molar refractivity (Wildman–Crippen MR) is 86.5 cm³/mol. The van der Waals surface area contributed by atoms with Crippen LogP contribution in [-0.2, 0) is 11.3 Å². The summed E-state index contributed by atoms with van der Waals surface area (Å²) in [7, 11) is 0. The summed E-state index contributed by atoms with van der Waals surface area (Å²) in [5.74, 6) is 0.421. The van der Waals surface area contributed by atoms with E-state index in [0.29, 0.717) is 24.2 Å². The molecule has 7 heteroatoms. The van der Waals surface area contributed by atoms with Crippen LogP contribution in [-0.4, -0.2) is 30.8 Å². The largest absolute Gasteiger partial charge is 0.489 e. The first kappa shape index (κ1) is 17.8. The quantitative estimate of drug-likeness (QED) is 0.867. The molecule has 0 saturated heterocycles. The Morgan fingerprint density at radius 1 is 1.42 bits per heavy atom. The fourth-order valence-electron chi connectivity index (χ4n) is 2.10. The Labute approximate surface area is 140 Å². The molecule has 0 unspecified atom stereocenters. The summed E-state index contributed by atoms with van der Waals surface area (Å²) >= 11 is 0. The van der Waals surface area contributed by atoms with Crippen LogP contribution in [0.4, 0.5) is 9.18 Å². The van der Waals surface area contributed by atoms with E-state index in [1.54, 1.807) is 39.0 Å². The molecule has 0 saturated carbocycles. The Hall–Kier alpha value is -2.57. The Balaban J connectivity index is 1.84. The van der Waals surface area contributed by atoms with Crippen molar-refractivity contribution in [1.29, 1.82) is 0 Å². The first-order valence-corrected chi connectivity index (χ1v) is 7.57. The van der Waals surface area contributed by atoms with Crippen molar-refractivity contribution in [2.75, 3.05) is 13.2 Å². The number of rotatable bonds is 5. The number of ether oxygens (including phenoxy) is 2. The number of hydrogen-bond donors (Lipinski definition) is 2. The number of nitrogens with one attached hydrogen (secondary N) is 2. The lowest BCUT2D eigenvalue weighted by Crippen LogP contribution is -2.34. The van der Waals surface area contributed by atoms with Crippen LogP contribution in [0.3, 0.4) is 0 Å². The standard InChI is InChI=1S/C17H21FN2O4/c1-17(2,3)24-16(22)20-8-11(7-18)10-23-13-4-5-14-12(6-13)9-19-15(14)21/h4-7H,8-10H2,1-3H3,(H,19,21)(H,20,22)/b11-7+. The molecule has 0 aliphatic carbocycles. The smallest absolute Gasteiger partial charge is 0.407 e. The number of alkyl carbamates (subject to hydrolysis) is 1. The zero-order chi connectivity index (χ0) is 17.7. The van der Waals surface area contributed by atoms with Crippen molar-refractivity contribution in [2.45, 2.75) is 32.9 Å². The van der Waals surface area contributed by atoms with Crippen molar-refractivity contribution >= 4 is 12.0 Å². The van der Waals surface area contributed by atoms with Gasteiger partial charge in [-0.3, -0.25) is 4.79 Å². The van der Waals surface area contributed by atoms with Crippen molar-refractivity contribution < 1.29 is 23.5 Å². The van der Waals surface area contributed by atoms with Crippen molar-refractivity contribution in [3.63, 3.8) is 0 Å². The highest BCUT2D eigenvalue weighted by Crippen LogP contribution is 2.22. The number of carbonyl (C=O) groups excluding carboxylic acids is 2. The minimum absolute atomic E-state index is 0.0175. The van der Waals surface area contributed by atoms with E-state index in [2.05, 4.69) is 10.6 Å². The van der Waals surface area contributed by atoms with Gasteiger partial charge in [-0.15, -0.1) is 0 Å². The molecule has 1 aromatic carbocycles. The summed E-state index contributed by atoms with van der Waals surface area (Å²) in [6.07, 6.45) is -0.223. The second kappa shape index (κ2) is 7.33. The van der Waals surface area contributed by atoms with Gasteiger partial charge in [-0.2, -0.15) is 0 Å². The molecule has 1 aromatic rings. The molecule has 6 nitrogen and oxygen atoms in total.